The largest absolute Gasteiger partial charge is 0.379 e. The van der Waals surface area contributed by atoms with Crippen LogP contribution >= 0.6 is 0 Å². The van der Waals surface area contributed by atoms with Gasteiger partial charge in [-0.3, -0.25) is 4.79 Å². The summed E-state index contributed by atoms with van der Waals surface area (Å²) >= 11 is 0. The number of rotatable bonds is 5. The lowest BCUT2D eigenvalue weighted by molar-refractivity contribution is 0.0271. The molecule has 1 unspecified atom stereocenters. The number of nitrogens with zero attached hydrogens (tertiary/aromatic N) is 2. The Hall–Kier alpha value is -1.69. The molecular formula is C14H22N4O2. The minimum absolute atomic E-state index is 0.201. The van der Waals surface area contributed by atoms with Crippen LogP contribution in [-0.2, 0) is 4.74 Å². The van der Waals surface area contributed by atoms with Crippen LogP contribution in [0.25, 0.3) is 0 Å². The molecule has 1 aliphatic heterocycles. The number of carbonyl (C=O) groups is 1. The molecule has 1 amide bonds. The average Bonchev–Trinajstić information content (AvgIpc) is 2.46. The normalized spacial score (nSPS) is 22.3. The second-order valence-electron chi connectivity index (χ2n) is 5.38. The molecule has 0 aromatic carbocycles. The Labute approximate surface area is 119 Å². The highest BCUT2D eigenvalue weighted by Crippen LogP contribution is 2.18. The molecule has 0 bridgehead atoms. The number of hydrogen-bond donors (Lipinski definition) is 2. The van der Waals surface area contributed by atoms with E-state index in [-0.39, 0.29) is 11.4 Å². The quantitative estimate of drug-likeness (QED) is 0.855. The molecule has 110 valence electrons. The minimum atomic E-state index is -0.309. The van der Waals surface area contributed by atoms with Gasteiger partial charge < -0.3 is 15.4 Å². The van der Waals surface area contributed by atoms with Crippen LogP contribution in [0, 0.1) is 0 Å². The molecule has 0 radical (unpaired) electrons. The van der Waals surface area contributed by atoms with Crippen LogP contribution in [0.2, 0.25) is 0 Å². The number of amides is 1. The molecule has 1 aromatic rings. The Kier molecular flexibility index (Phi) is 4.89. The zero-order chi connectivity index (χ0) is 14.4. The van der Waals surface area contributed by atoms with Gasteiger partial charge in [0.05, 0.1) is 24.5 Å². The van der Waals surface area contributed by atoms with Gasteiger partial charge in [-0.25, -0.2) is 9.97 Å². The molecule has 20 heavy (non-hydrogen) atoms. The first-order valence-corrected chi connectivity index (χ1v) is 7.09. The first kappa shape index (κ1) is 14.7. The zero-order valence-electron chi connectivity index (χ0n) is 12.1. The van der Waals surface area contributed by atoms with Crippen molar-refractivity contribution in [3.8, 4) is 0 Å². The SMILES string of the molecule is CCCNc1cnc(C(=O)NC2(C)CCCOC2)cn1. The molecule has 0 spiro atoms. The molecule has 1 saturated heterocycles. The molecule has 6 heteroatoms. The summed E-state index contributed by atoms with van der Waals surface area (Å²) in [5.41, 5.74) is 0.0229. The minimum Gasteiger partial charge on any atom is -0.379 e. The maximum Gasteiger partial charge on any atom is 0.271 e. The van der Waals surface area contributed by atoms with Gasteiger partial charge >= 0.3 is 0 Å². The lowest BCUT2D eigenvalue weighted by atomic mass is 9.95. The maximum absolute atomic E-state index is 12.2. The first-order valence-electron chi connectivity index (χ1n) is 7.09. The van der Waals surface area contributed by atoms with Crippen LogP contribution in [0.5, 0.6) is 0 Å². The average molecular weight is 278 g/mol. The molecular weight excluding hydrogens is 256 g/mol. The van der Waals surface area contributed by atoms with Crippen LogP contribution in [0.15, 0.2) is 12.4 Å². The fraction of sp³-hybridized carbons (Fsp3) is 0.643. The van der Waals surface area contributed by atoms with Gasteiger partial charge in [0.15, 0.2) is 0 Å². The third-order valence-electron chi connectivity index (χ3n) is 3.29. The van der Waals surface area contributed by atoms with Crippen molar-refractivity contribution in [2.75, 3.05) is 25.1 Å². The van der Waals surface area contributed by atoms with Crippen molar-refractivity contribution in [3.63, 3.8) is 0 Å². The van der Waals surface area contributed by atoms with E-state index in [2.05, 4.69) is 27.5 Å². The molecule has 2 heterocycles. The van der Waals surface area contributed by atoms with Crippen molar-refractivity contribution in [2.45, 2.75) is 38.6 Å². The van der Waals surface area contributed by atoms with Crippen LogP contribution in [-0.4, -0.2) is 41.2 Å². The Morgan fingerprint density at radius 1 is 1.45 bits per heavy atom. The standard InChI is InChI=1S/C14H22N4O2/c1-3-6-15-12-9-16-11(8-17-12)13(19)18-14(2)5-4-7-20-10-14/h8-9H,3-7,10H2,1-2H3,(H,15,17)(H,18,19). The van der Waals surface area contributed by atoms with E-state index in [0.29, 0.717) is 18.1 Å². The van der Waals surface area contributed by atoms with Gasteiger partial charge in [-0.05, 0) is 26.2 Å². The second kappa shape index (κ2) is 6.65. The van der Waals surface area contributed by atoms with Crippen LogP contribution in [0.4, 0.5) is 5.82 Å². The van der Waals surface area contributed by atoms with E-state index in [4.69, 9.17) is 4.74 Å². The molecule has 1 aromatic heterocycles. The highest BCUT2D eigenvalue weighted by Gasteiger charge is 2.30. The van der Waals surface area contributed by atoms with E-state index in [0.717, 1.165) is 32.4 Å². The predicted octanol–water partition coefficient (Wildman–Crippen LogP) is 1.60. The third-order valence-corrected chi connectivity index (χ3v) is 3.29. The smallest absolute Gasteiger partial charge is 0.271 e. The first-order chi connectivity index (χ1) is 9.63. The number of carbonyl (C=O) groups excluding carboxylic acids is 1. The molecule has 0 saturated carbocycles. The number of nitrogens with one attached hydrogen (secondary N) is 2. The summed E-state index contributed by atoms with van der Waals surface area (Å²) in [4.78, 5) is 20.5. The van der Waals surface area contributed by atoms with Crippen LogP contribution < -0.4 is 10.6 Å². The van der Waals surface area contributed by atoms with Crippen molar-refractivity contribution in [2.24, 2.45) is 0 Å². The monoisotopic (exact) mass is 278 g/mol. The Bertz CT molecular complexity index is 441. The topological polar surface area (TPSA) is 76.1 Å². The molecule has 2 rings (SSSR count). The van der Waals surface area contributed by atoms with Gasteiger partial charge in [0.25, 0.3) is 5.91 Å². The number of anilines is 1. The number of aromatic nitrogens is 2. The van der Waals surface area contributed by atoms with E-state index in [9.17, 15) is 4.79 Å². The van der Waals surface area contributed by atoms with Crippen molar-refractivity contribution in [3.05, 3.63) is 18.1 Å². The molecule has 0 aliphatic carbocycles. The summed E-state index contributed by atoms with van der Waals surface area (Å²) in [7, 11) is 0. The van der Waals surface area contributed by atoms with Crippen LogP contribution in [0.1, 0.15) is 43.6 Å². The summed E-state index contributed by atoms with van der Waals surface area (Å²) < 4.78 is 5.42. The third kappa shape index (κ3) is 3.90. The van der Waals surface area contributed by atoms with E-state index in [1.54, 1.807) is 6.20 Å². The van der Waals surface area contributed by atoms with Gasteiger partial charge in [0.2, 0.25) is 0 Å². The van der Waals surface area contributed by atoms with E-state index in [1.807, 2.05) is 6.92 Å². The highest BCUT2D eigenvalue weighted by atomic mass is 16.5. The highest BCUT2D eigenvalue weighted by molar-refractivity contribution is 5.92. The Morgan fingerprint density at radius 2 is 2.30 bits per heavy atom. The molecule has 1 atom stereocenters. The molecule has 1 aliphatic rings. The van der Waals surface area contributed by atoms with Crippen molar-refractivity contribution in [1.29, 1.82) is 0 Å². The maximum atomic E-state index is 12.2. The van der Waals surface area contributed by atoms with E-state index in [1.165, 1.54) is 6.20 Å². The van der Waals surface area contributed by atoms with Crippen molar-refractivity contribution < 1.29 is 9.53 Å². The molecule has 1 fully saturated rings. The summed E-state index contributed by atoms with van der Waals surface area (Å²) in [5.74, 6) is 0.489. The van der Waals surface area contributed by atoms with Gasteiger partial charge in [-0.15, -0.1) is 0 Å². The van der Waals surface area contributed by atoms with Crippen molar-refractivity contribution >= 4 is 11.7 Å². The summed E-state index contributed by atoms with van der Waals surface area (Å²) in [6, 6.07) is 0. The van der Waals surface area contributed by atoms with Gasteiger partial charge in [-0.1, -0.05) is 6.92 Å². The fourth-order valence-electron chi connectivity index (χ4n) is 2.16. The van der Waals surface area contributed by atoms with Gasteiger partial charge in [0, 0.05) is 13.2 Å². The molecule has 6 nitrogen and oxygen atoms in total. The van der Waals surface area contributed by atoms with Crippen LogP contribution in [0.3, 0.4) is 0 Å². The fourth-order valence-corrected chi connectivity index (χ4v) is 2.16. The lowest BCUT2D eigenvalue weighted by Crippen LogP contribution is -2.51. The van der Waals surface area contributed by atoms with E-state index >= 15 is 0 Å². The summed E-state index contributed by atoms with van der Waals surface area (Å²) in [6.07, 6.45) is 5.98. The zero-order valence-corrected chi connectivity index (χ0v) is 12.1. The second-order valence-corrected chi connectivity index (χ2v) is 5.38. The molecule has 2 N–H and O–H groups in total. The Balaban J connectivity index is 1.94. The van der Waals surface area contributed by atoms with Gasteiger partial charge in [0.1, 0.15) is 11.5 Å². The number of ether oxygens (including phenoxy) is 1. The Morgan fingerprint density at radius 3 is 2.90 bits per heavy atom. The van der Waals surface area contributed by atoms with E-state index < -0.39 is 0 Å². The summed E-state index contributed by atoms with van der Waals surface area (Å²) in [6.45, 7) is 6.23. The summed E-state index contributed by atoms with van der Waals surface area (Å²) in [5, 5.41) is 6.11. The predicted molar refractivity (Wildman–Crippen MR) is 76.7 cm³/mol. The number of hydrogen-bond acceptors (Lipinski definition) is 5. The van der Waals surface area contributed by atoms with Crippen molar-refractivity contribution in [1.82, 2.24) is 15.3 Å². The lowest BCUT2D eigenvalue weighted by Gasteiger charge is -2.34. The van der Waals surface area contributed by atoms with Gasteiger partial charge in [-0.2, -0.15) is 0 Å².